The number of aliphatic carboxylic acids is 1. The van der Waals surface area contributed by atoms with E-state index in [0.717, 1.165) is 14.8 Å². The van der Waals surface area contributed by atoms with Gasteiger partial charge in [0.05, 0.1) is 17.7 Å². The van der Waals surface area contributed by atoms with E-state index in [1.54, 1.807) is 6.20 Å². The number of β-amino-alcohol motifs (C(OH)–C–C–N with tert-alkyl or cyclic N) is 1. The molecule has 0 radical (unpaired) electrons. The molecule has 7 nitrogen and oxygen atoms in total. The molecule has 1 fully saturated rings. The lowest BCUT2D eigenvalue weighted by Crippen LogP contribution is -2.45. The zero-order valence-corrected chi connectivity index (χ0v) is 11.2. The smallest absolute Gasteiger partial charge is 0.326 e. The van der Waals surface area contributed by atoms with Crippen molar-refractivity contribution in [3.8, 4) is 0 Å². The summed E-state index contributed by atoms with van der Waals surface area (Å²) in [6.45, 7) is 2.22. The lowest BCUT2D eigenvalue weighted by Gasteiger charge is -2.21. The summed E-state index contributed by atoms with van der Waals surface area (Å²) in [5.74, 6) is -1.10. The van der Waals surface area contributed by atoms with Crippen molar-refractivity contribution < 1.29 is 19.8 Å². The van der Waals surface area contributed by atoms with Crippen LogP contribution >= 0.6 is 11.3 Å². The fraction of sp³-hybridized carbons (Fsp3) is 0.545. The predicted molar refractivity (Wildman–Crippen MR) is 67.8 cm³/mol. The Labute approximate surface area is 113 Å². The number of carbonyl (C=O) groups is 2. The second kappa shape index (κ2) is 5.54. The third-order valence-corrected chi connectivity index (χ3v) is 3.82. The molecule has 0 unspecified atom stereocenters. The minimum absolute atomic E-state index is 0.0461. The molecule has 1 saturated heterocycles. The molecule has 19 heavy (non-hydrogen) atoms. The van der Waals surface area contributed by atoms with Crippen molar-refractivity contribution in [3.63, 3.8) is 0 Å². The van der Waals surface area contributed by atoms with Crippen LogP contribution in [0.15, 0.2) is 6.20 Å². The van der Waals surface area contributed by atoms with Crippen LogP contribution < -0.4 is 5.32 Å². The van der Waals surface area contributed by atoms with Gasteiger partial charge in [0.2, 0.25) is 0 Å². The Morgan fingerprint density at radius 3 is 2.95 bits per heavy atom. The minimum atomic E-state index is -1.10. The van der Waals surface area contributed by atoms with Gasteiger partial charge in [0, 0.05) is 24.0 Å². The lowest BCUT2D eigenvalue weighted by atomic mass is 10.2. The van der Waals surface area contributed by atoms with Crippen LogP contribution in [0.2, 0.25) is 0 Å². The van der Waals surface area contributed by atoms with Gasteiger partial charge in [0.25, 0.3) is 0 Å². The van der Waals surface area contributed by atoms with Crippen molar-refractivity contribution in [1.82, 2.24) is 15.2 Å². The number of aliphatic hydroxyl groups excluding tert-OH is 1. The van der Waals surface area contributed by atoms with E-state index in [0.29, 0.717) is 6.54 Å². The van der Waals surface area contributed by atoms with E-state index in [2.05, 4.69) is 10.3 Å². The topological polar surface area (TPSA) is 103 Å². The number of carboxylic acids is 1. The number of carboxylic acid groups (broad SMARTS) is 1. The number of hydrogen-bond acceptors (Lipinski definition) is 5. The van der Waals surface area contributed by atoms with Crippen LogP contribution in [0.1, 0.15) is 16.3 Å². The lowest BCUT2D eigenvalue weighted by molar-refractivity contribution is -0.141. The van der Waals surface area contributed by atoms with Crippen molar-refractivity contribution >= 4 is 23.3 Å². The number of aryl methyl sites for hydroxylation is 1. The fourth-order valence-electron chi connectivity index (χ4n) is 2.02. The molecule has 1 aliphatic heterocycles. The number of thiazole rings is 1. The number of aromatic nitrogens is 1. The molecule has 0 bridgehead atoms. The van der Waals surface area contributed by atoms with Gasteiger partial charge in [-0.1, -0.05) is 0 Å². The highest BCUT2D eigenvalue weighted by molar-refractivity contribution is 7.11. The van der Waals surface area contributed by atoms with Gasteiger partial charge in [-0.2, -0.15) is 0 Å². The summed E-state index contributed by atoms with van der Waals surface area (Å²) >= 11 is 1.47. The molecule has 2 rings (SSSR count). The van der Waals surface area contributed by atoms with Crippen molar-refractivity contribution in [3.05, 3.63) is 16.1 Å². The molecule has 1 aromatic rings. The largest absolute Gasteiger partial charge is 0.480 e. The Morgan fingerprint density at radius 2 is 2.37 bits per heavy atom. The van der Waals surface area contributed by atoms with Gasteiger partial charge < -0.3 is 20.4 Å². The van der Waals surface area contributed by atoms with E-state index in [4.69, 9.17) is 5.11 Å². The summed E-state index contributed by atoms with van der Waals surface area (Å²) in [5, 5.41) is 22.0. The van der Waals surface area contributed by atoms with Crippen molar-refractivity contribution in [2.45, 2.75) is 32.0 Å². The highest BCUT2D eigenvalue weighted by Gasteiger charge is 2.38. The number of hydrogen-bond donors (Lipinski definition) is 3. The second-order valence-corrected chi connectivity index (χ2v) is 5.72. The Balaban J connectivity index is 1.93. The SMILES string of the molecule is Cc1ncc(CNC(=O)N2C[C@@H](O)C[C@H]2C(=O)O)s1. The van der Waals surface area contributed by atoms with Crippen molar-refractivity contribution in [2.75, 3.05) is 6.54 Å². The molecule has 2 amide bonds. The molecule has 0 saturated carbocycles. The molecule has 0 aromatic carbocycles. The maximum absolute atomic E-state index is 11.9. The number of carbonyl (C=O) groups excluding carboxylic acids is 1. The number of nitrogens with zero attached hydrogens (tertiary/aromatic N) is 2. The quantitative estimate of drug-likeness (QED) is 0.735. The molecule has 2 heterocycles. The number of nitrogens with one attached hydrogen (secondary N) is 1. The van der Waals surface area contributed by atoms with Gasteiger partial charge in [0.1, 0.15) is 6.04 Å². The number of aliphatic hydroxyl groups is 1. The van der Waals surface area contributed by atoms with Crippen LogP contribution in [0.5, 0.6) is 0 Å². The molecule has 8 heteroatoms. The van der Waals surface area contributed by atoms with Crippen LogP contribution in [0.3, 0.4) is 0 Å². The monoisotopic (exact) mass is 285 g/mol. The van der Waals surface area contributed by atoms with Crippen molar-refractivity contribution in [1.29, 1.82) is 0 Å². The summed E-state index contributed by atoms with van der Waals surface area (Å²) < 4.78 is 0. The Morgan fingerprint density at radius 1 is 1.63 bits per heavy atom. The van der Waals surface area contributed by atoms with Gasteiger partial charge in [-0.3, -0.25) is 0 Å². The second-order valence-electron chi connectivity index (χ2n) is 4.40. The van der Waals surface area contributed by atoms with Crippen LogP contribution in [-0.4, -0.2) is 50.8 Å². The molecule has 2 atom stereocenters. The third kappa shape index (κ3) is 3.21. The molecule has 104 valence electrons. The Kier molecular flexibility index (Phi) is 4.01. The number of likely N-dealkylation sites (tertiary alicyclic amines) is 1. The molecular formula is C11H15N3O4S. The molecule has 0 spiro atoms. The van der Waals surface area contributed by atoms with Gasteiger partial charge in [-0.05, 0) is 6.92 Å². The first-order chi connectivity index (χ1) is 8.97. The van der Waals surface area contributed by atoms with E-state index < -0.39 is 24.1 Å². The van der Waals surface area contributed by atoms with E-state index in [-0.39, 0.29) is 13.0 Å². The van der Waals surface area contributed by atoms with E-state index in [1.807, 2.05) is 6.92 Å². The standard InChI is InChI=1S/C11H15N3O4S/c1-6-12-3-8(19-6)4-13-11(18)14-5-7(15)2-9(14)10(16)17/h3,7,9,15H,2,4-5H2,1H3,(H,13,18)(H,16,17)/t7-,9-/m0/s1. The summed E-state index contributed by atoms with van der Waals surface area (Å²) in [5.41, 5.74) is 0. The first-order valence-corrected chi connectivity index (χ1v) is 6.65. The van der Waals surface area contributed by atoms with Crippen LogP contribution in [0.4, 0.5) is 4.79 Å². The maximum atomic E-state index is 11.9. The summed E-state index contributed by atoms with van der Waals surface area (Å²) in [4.78, 5) is 29.0. The minimum Gasteiger partial charge on any atom is -0.480 e. The summed E-state index contributed by atoms with van der Waals surface area (Å²) in [6, 6.07) is -1.44. The molecule has 3 N–H and O–H groups in total. The first-order valence-electron chi connectivity index (χ1n) is 5.84. The van der Waals surface area contributed by atoms with Gasteiger partial charge in [-0.15, -0.1) is 11.3 Å². The van der Waals surface area contributed by atoms with Crippen LogP contribution in [0.25, 0.3) is 0 Å². The highest BCUT2D eigenvalue weighted by Crippen LogP contribution is 2.18. The van der Waals surface area contributed by atoms with E-state index in [9.17, 15) is 14.7 Å². The first kappa shape index (κ1) is 13.8. The normalized spacial score (nSPS) is 22.5. The average molecular weight is 285 g/mol. The molecule has 1 aliphatic rings. The zero-order chi connectivity index (χ0) is 14.0. The average Bonchev–Trinajstić information content (AvgIpc) is 2.92. The number of rotatable bonds is 3. The Bertz CT molecular complexity index is 490. The Hall–Kier alpha value is -1.67. The highest BCUT2D eigenvalue weighted by atomic mass is 32.1. The predicted octanol–water partition coefficient (Wildman–Crippen LogP) is 0.181. The van der Waals surface area contributed by atoms with E-state index >= 15 is 0 Å². The zero-order valence-electron chi connectivity index (χ0n) is 10.4. The van der Waals surface area contributed by atoms with Crippen molar-refractivity contribution in [2.24, 2.45) is 0 Å². The number of urea groups is 1. The molecule has 1 aromatic heterocycles. The van der Waals surface area contributed by atoms with Gasteiger partial charge in [0.15, 0.2) is 0 Å². The maximum Gasteiger partial charge on any atom is 0.326 e. The molecular weight excluding hydrogens is 270 g/mol. The summed E-state index contributed by atoms with van der Waals surface area (Å²) in [7, 11) is 0. The molecule has 0 aliphatic carbocycles. The van der Waals surface area contributed by atoms with E-state index in [1.165, 1.54) is 11.3 Å². The van der Waals surface area contributed by atoms with Gasteiger partial charge >= 0.3 is 12.0 Å². The number of amides is 2. The summed E-state index contributed by atoms with van der Waals surface area (Å²) in [6.07, 6.45) is 0.966. The van der Waals surface area contributed by atoms with Crippen LogP contribution in [-0.2, 0) is 11.3 Å². The third-order valence-electron chi connectivity index (χ3n) is 2.91. The van der Waals surface area contributed by atoms with Gasteiger partial charge in [-0.25, -0.2) is 14.6 Å². The van der Waals surface area contributed by atoms with Crippen LogP contribution in [0, 0.1) is 6.92 Å². The fourth-order valence-corrected chi connectivity index (χ4v) is 2.76.